The van der Waals surface area contributed by atoms with Crippen molar-refractivity contribution in [3.63, 3.8) is 0 Å². The monoisotopic (exact) mass is 327 g/mol. The molecule has 3 aromatic rings. The van der Waals surface area contributed by atoms with Crippen LogP contribution in [0.2, 0.25) is 0 Å². The third-order valence-electron chi connectivity index (χ3n) is 3.40. The van der Waals surface area contributed by atoms with Gasteiger partial charge in [-0.25, -0.2) is 0 Å². The number of aryl methyl sites for hydroxylation is 3. The number of rotatable bonds is 4. The third-order valence-corrected chi connectivity index (χ3v) is 4.15. The summed E-state index contributed by atoms with van der Waals surface area (Å²) in [5.74, 6) is -0.182. The first-order valence-electron chi connectivity index (χ1n) is 7.23. The molecule has 0 saturated heterocycles. The highest BCUT2D eigenvalue weighted by atomic mass is 32.1. The Balaban J connectivity index is 1.69. The smallest absolute Gasteiger partial charge is 0.257 e. The quantitative estimate of drug-likeness (QED) is 0.799. The average molecular weight is 327 g/mol. The molecular formula is C16H17N5OS. The minimum absolute atomic E-state index is 0.182. The first kappa shape index (κ1) is 15.4. The predicted molar refractivity (Wildman–Crippen MR) is 89.8 cm³/mol. The molecule has 0 aliphatic heterocycles. The van der Waals surface area contributed by atoms with Gasteiger partial charge in [-0.15, -0.1) is 10.2 Å². The molecule has 0 saturated carbocycles. The van der Waals surface area contributed by atoms with Crippen molar-refractivity contribution in [3.8, 4) is 0 Å². The lowest BCUT2D eigenvalue weighted by Crippen LogP contribution is -2.12. The molecule has 23 heavy (non-hydrogen) atoms. The highest BCUT2D eigenvalue weighted by Gasteiger charge is 2.09. The fourth-order valence-corrected chi connectivity index (χ4v) is 2.87. The summed E-state index contributed by atoms with van der Waals surface area (Å²) in [6, 6.07) is 9.55. The summed E-state index contributed by atoms with van der Waals surface area (Å²) in [6.07, 6.45) is 0. The SMILES string of the molecule is Cc1cc(C)n(Cc2ccc(C(=O)Nc3nnc(C)s3)cc2)n1. The van der Waals surface area contributed by atoms with E-state index >= 15 is 0 Å². The molecule has 1 aromatic carbocycles. The Hall–Kier alpha value is -2.54. The van der Waals surface area contributed by atoms with Crippen molar-refractivity contribution in [2.24, 2.45) is 0 Å². The van der Waals surface area contributed by atoms with E-state index in [0.29, 0.717) is 17.2 Å². The Morgan fingerprint density at radius 1 is 1.17 bits per heavy atom. The number of amides is 1. The molecule has 0 unspecified atom stereocenters. The van der Waals surface area contributed by atoms with E-state index < -0.39 is 0 Å². The van der Waals surface area contributed by atoms with E-state index in [1.165, 1.54) is 11.3 Å². The lowest BCUT2D eigenvalue weighted by Gasteiger charge is -2.06. The van der Waals surface area contributed by atoms with Crippen molar-refractivity contribution >= 4 is 22.4 Å². The van der Waals surface area contributed by atoms with Gasteiger partial charge in [0.15, 0.2) is 0 Å². The Morgan fingerprint density at radius 3 is 2.48 bits per heavy atom. The Labute approximate surface area is 138 Å². The zero-order valence-electron chi connectivity index (χ0n) is 13.2. The van der Waals surface area contributed by atoms with Crippen LogP contribution < -0.4 is 5.32 Å². The second-order valence-corrected chi connectivity index (χ2v) is 6.54. The van der Waals surface area contributed by atoms with Gasteiger partial charge in [0.1, 0.15) is 5.01 Å². The summed E-state index contributed by atoms with van der Waals surface area (Å²) in [7, 11) is 0. The molecule has 1 amide bonds. The van der Waals surface area contributed by atoms with Crippen LogP contribution in [-0.2, 0) is 6.54 Å². The molecule has 1 N–H and O–H groups in total. The molecule has 3 rings (SSSR count). The number of anilines is 1. The zero-order chi connectivity index (χ0) is 16.4. The van der Waals surface area contributed by atoms with Gasteiger partial charge in [0.25, 0.3) is 5.91 Å². The van der Waals surface area contributed by atoms with Gasteiger partial charge in [0, 0.05) is 11.3 Å². The molecule has 7 heteroatoms. The minimum Gasteiger partial charge on any atom is -0.296 e. The standard InChI is InChI=1S/C16H17N5OS/c1-10-8-11(2)21(20-10)9-13-4-6-14(7-5-13)15(22)17-16-19-18-12(3)23-16/h4-8H,9H2,1-3H3,(H,17,19,22). The Bertz CT molecular complexity index is 835. The number of hydrogen-bond donors (Lipinski definition) is 1. The summed E-state index contributed by atoms with van der Waals surface area (Å²) in [4.78, 5) is 12.2. The van der Waals surface area contributed by atoms with E-state index in [2.05, 4.69) is 20.6 Å². The molecule has 0 radical (unpaired) electrons. The number of carbonyl (C=O) groups is 1. The lowest BCUT2D eigenvalue weighted by molar-refractivity contribution is 0.102. The van der Waals surface area contributed by atoms with Gasteiger partial charge in [0.05, 0.1) is 12.2 Å². The maximum atomic E-state index is 12.2. The maximum absolute atomic E-state index is 12.2. The average Bonchev–Trinajstić information content (AvgIpc) is 3.05. The molecule has 0 spiro atoms. The Morgan fingerprint density at radius 2 is 1.91 bits per heavy atom. The first-order chi connectivity index (χ1) is 11.0. The maximum Gasteiger partial charge on any atom is 0.257 e. The van der Waals surface area contributed by atoms with E-state index in [-0.39, 0.29) is 5.91 Å². The van der Waals surface area contributed by atoms with Crippen LogP contribution in [0.15, 0.2) is 30.3 Å². The van der Waals surface area contributed by atoms with Crippen LogP contribution in [0.3, 0.4) is 0 Å². The Kier molecular flexibility index (Phi) is 4.20. The fraction of sp³-hybridized carbons (Fsp3) is 0.250. The second-order valence-electron chi connectivity index (χ2n) is 5.36. The van der Waals surface area contributed by atoms with Crippen LogP contribution in [0, 0.1) is 20.8 Å². The molecule has 2 aromatic heterocycles. The molecular weight excluding hydrogens is 310 g/mol. The molecule has 6 nitrogen and oxygen atoms in total. The number of aromatic nitrogens is 4. The number of nitrogens with zero attached hydrogens (tertiary/aromatic N) is 4. The summed E-state index contributed by atoms with van der Waals surface area (Å²) in [5, 5.41) is 16.3. The van der Waals surface area contributed by atoms with Crippen LogP contribution in [0.5, 0.6) is 0 Å². The van der Waals surface area contributed by atoms with Gasteiger partial charge >= 0.3 is 0 Å². The topological polar surface area (TPSA) is 72.7 Å². The van der Waals surface area contributed by atoms with Crippen molar-refractivity contribution < 1.29 is 4.79 Å². The molecule has 0 aliphatic carbocycles. The van der Waals surface area contributed by atoms with Gasteiger partial charge in [-0.3, -0.25) is 14.8 Å². The van der Waals surface area contributed by atoms with Gasteiger partial charge < -0.3 is 0 Å². The normalized spacial score (nSPS) is 10.7. The highest BCUT2D eigenvalue weighted by Crippen LogP contribution is 2.15. The third kappa shape index (κ3) is 3.62. The second kappa shape index (κ2) is 6.29. The fourth-order valence-electron chi connectivity index (χ4n) is 2.29. The van der Waals surface area contributed by atoms with Crippen molar-refractivity contribution in [1.29, 1.82) is 0 Å². The van der Waals surface area contributed by atoms with Gasteiger partial charge in [-0.2, -0.15) is 5.10 Å². The van der Waals surface area contributed by atoms with Crippen molar-refractivity contribution in [2.75, 3.05) is 5.32 Å². The van der Waals surface area contributed by atoms with Gasteiger partial charge in [-0.05, 0) is 44.5 Å². The molecule has 2 heterocycles. The van der Waals surface area contributed by atoms with Crippen LogP contribution in [0.1, 0.15) is 32.3 Å². The van der Waals surface area contributed by atoms with E-state index in [1.54, 1.807) is 0 Å². The van der Waals surface area contributed by atoms with E-state index in [0.717, 1.165) is 22.0 Å². The molecule has 0 bridgehead atoms. The van der Waals surface area contributed by atoms with Crippen molar-refractivity contribution in [2.45, 2.75) is 27.3 Å². The van der Waals surface area contributed by atoms with Crippen LogP contribution in [-0.4, -0.2) is 25.9 Å². The van der Waals surface area contributed by atoms with Gasteiger partial charge in [-0.1, -0.05) is 23.5 Å². The zero-order valence-corrected chi connectivity index (χ0v) is 14.0. The van der Waals surface area contributed by atoms with Gasteiger partial charge in [0.2, 0.25) is 5.13 Å². The van der Waals surface area contributed by atoms with E-state index in [4.69, 9.17) is 0 Å². The number of carbonyl (C=O) groups excluding carboxylic acids is 1. The largest absolute Gasteiger partial charge is 0.296 e. The number of benzene rings is 1. The predicted octanol–water partition coefficient (Wildman–Crippen LogP) is 2.96. The van der Waals surface area contributed by atoms with E-state index in [9.17, 15) is 4.79 Å². The van der Waals surface area contributed by atoms with Crippen LogP contribution in [0.25, 0.3) is 0 Å². The number of nitrogens with one attached hydrogen (secondary N) is 1. The number of hydrogen-bond acceptors (Lipinski definition) is 5. The lowest BCUT2D eigenvalue weighted by atomic mass is 10.1. The van der Waals surface area contributed by atoms with E-state index in [1.807, 2.05) is 55.8 Å². The molecule has 0 fully saturated rings. The summed E-state index contributed by atoms with van der Waals surface area (Å²) in [5.41, 5.74) is 3.82. The minimum atomic E-state index is -0.182. The molecule has 0 aliphatic rings. The molecule has 118 valence electrons. The van der Waals surface area contributed by atoms with Crippen LogP contribution >= 0.6 is 11.3 Å². The first-order valence-corrected chi connectivity index (χ1v) is 8.04. The van der Waals surface area contributed by atoms with Crippen LogP contribution in [0.4, 0.5) is 5.13 Å². The summed E-state index contributed by atoms with van der Waals surface area (Å²) < 4.78 is 1.95. The highest BCUT2D eigenvalue weighted by molar-refractivity contribution is 7.15. The summed E-state index contributed by atoms with van der Waals surface area (Å²) >= 11 is 1.35. The van der Waals surface area contributed by atoms with Crippen molar-refractivity contribution in [1.82, 2.24) is 20.0 Å². The summed E-state index contributed by atoms with van der Waals surface area (Å²) in [6.45, 7) is 6.55. The van der Waals surface area contributed by atoms with Crippen molar-refractivity contribution in [3.05, 3.63) is 57.9 Å². The molecule has 0 atom stereocenters.